The summed E-state index contributed by atoms with van der Waals surface area (Å²) in [6.07, 6.45) is 0.554. The van der Waals surface area contributed by atoms with E-state index in [1.54, 1.807) is 4.80 Å². The molecule has 0 aliphatic rings. The van der Waals surface area contributed by atoms with Gasteiger partial charge in [0.15, 0.2) is 0 Å². The van der Waals surface area contributed by atoms with E-state index in [0.29, 0.717) is 6.42 Å². The van der Waals surface area contributed by atoms with E-state index >= 15 is 0 Å². The molecular weight excluding hydrogens is 190 g/mol. The highest BCUT2D eigenvalue weighted by Crippen LogP contribution is 2.07. The van der Waals surface area contributed by atoms with Crippen LogP contribution in [0.15, 0.2) is 30.3 Å². The summed E-state index contributed by atoms with van der Waals surface area (Å²) in [4.78, 5) is 1.60. The van der Waals surface area contributed by atoms with Gasteiger partial charge in [-0.15, -0.1) is 0 Å². The zero-order valence-corrected chi connectivity index (χ0v) is 8.59. The number of aromatic nitrogens is 3. The number of nitrogens with zero attached hydrogens (tertiary/aromatic N) is 3. The molecule has 0 radical (unpaired) electrons. The smallest absolute Gasteiger partial charge is 0.0883 e. The Labute approximate surface area is 88.2 Å². The average molecular weight is 203 g/mol. The van der Waals surface area contributed by atoms with E-state index in [1.165, 1.54) is 0 Å². The van der Waals surface area contributed by atoms with Crippen LogP contribution in [0.5, 0.6) is 0 Å². The molecular formula is C11H13N3O. The van der Waals surface area contributed by atoms with Gasteiger partial charge in [0, 0.05) is 13.0 Å². The van der Waals surface area contributed by atoms with E-state index < -0.39 is 0 Å². The quantitative estimate of drug-likeness (QED) is 0.813. The Kier molecular flexibility index (Phi) is 2.78. The van der Waals surface area contributed by atoms with E-state index in [-0.39, 0.29) is 6.61 Å². The Balaban J connectivity index is 2.34. The van der Waals surface area contributed by atoms with Crippen LogP contribution in [0.4, 0.5) is 0 Å². The molecule has 2 rings (SSSR count). The Morgan fingerprint density at radius 2 is 1.93 bits per heavy atom. The van der Waals surface area contributed by atoms with Crippen molar-refractivity contribution >= 4 is 0 Å². The number of hydrogen-bond donors (Lipinski definition) is 1. The minimum Gasteiger partial charge on any atom is -0.396 e. The van der Waals surface area contributed by atoms with Crippen molar-refractivity contribution in [3.8, 4) is 5.69 Å². The summed E-state index contributed by atoms with van der Waals surface area (Å²) in [5.74, 6) is 0. The van der Waals surface area contributed by atoms with Gasteiger partial charge in [-0.25, -0.2) is 0 Å². The zero-order valence-electron chi connectivity index (χ0n) is 8.59. The first kappa shape index (κ1) is 9.86. The molecule has 0 unspecified atom stereocenters. The summed E-state index contributed by atoms with van der Waals surface area (Å²) in [5.41, 5.74) is 2.65. The lowest BCUT2D eigenvalue weighted by atomic mass is 10.3. The first-order chi connectivity index (χ1) is 7.31. The fraction of sp³-hybridized carbons (Fsp3) is 0.273. The van der Waals surface area contributed by atoms with Crippen molar-refractivity contribution < 1.29 is 5.11 Å². The molecule has 1 N–H and O–H groups in total. The molecule has 1 heterocycles. The van der Waals surface area contributed by atoms with Gasteiger partial charge in [-0.1, -0.05) is 18.2 Å². The Hall–Kier alpha value is -1.68. The van der Waals surface area contributed by atoms with Crippen LogP contribution in [0.1, 0.15) is 11.4 Å². The maximum Gasteiger partial charge on any atom is 0.0883 e. The second-order valence-corrected chi connectivity index (χ2v) is 3.33. The SMILES string of the molecule is Cc1nn(-c2ccccc2)nc1CCO. The molecule has 1 aromatic carbocycles. The van der Waals surface area contributed by atoms with Crippen molar-refractivity contribution in [2.24, 2.45) is 0 Å². The lowest BCUT2D eigenvalue weighted by Gasteiger charge is -1.96. The summed E-state index contributed by atoms with van der Waals surface area (Å²) < 4.78 is 0. The van der Waals surface area contributed by atoms with Gasteiger partial charge in [0.1, 0.15) is 0 Å². The fourth-order valence-electron chi connectivity index (χ4n) is 1.42. The Morgan fingerprint density at radius 3 is 2.60 bits per heavy atom. The number of rotatable bonds is 3. The normalized spacial score (nSPS) is 10.5. The van der Waals surface area contributed by atoms with Gasteiger partial charge in [-0.05, 0) is 19.1 Å². The van der Waals surface area contributed by atoms with E-state index in [9.17, 15) is 0 Å². The van der Waals surface area contributed by atoms with E-state index in [4.69, 9.17) is 5.11 Å². The van der Waals surface area contributed by atoms with Crippen LogP contribution < -0.4 is 0 Å². The number of aliphatic hydroxyl groups is 1. The monoisotopic (exact) mass is 203 g/mol. The fourth-order valence-corrected chi connectivity index (χ4v) is 1.42. The third-order valence-corrected chi connectivity index (χ3v) is 2.21. The molecule has 2 aromatic rings. The Bertz CT molecular complexity index is 436. The molecule has 0 aliphatic carbocycles. The lowest BCUT2D eigenvalue weighted by molar-refractivity contribution is 0.297. The van der Waals surface area contributed by atoms with Gasteiger partial charge in [-0.2, -0.15) is 15.0 Å². The standard InChI is InChI=1S/C11H13N3O/c1-9-11(7-8-15)13-14(12-9)10-5-3-2-4-6-10/h2-6,15H,7-8H2,1H3. The van der Waals surface area contributed by atoms with E-state index in [0.717, 1.165) is 17.1 Å². The molecule has 0 saturated heterocycles. The zero-order chi connectivity index (χ0) is 10.7. The van der Waals surface area contributed by atoms with Crippen molar-refractivity contribution in [1.29, 1.82) is 0 Å². The summed E-state index contributed by atoms with van der Waals surface area (Å²) in [6.45, 7) is 2.01. The van der Waals surface area contributed by atoms with Crippen LogP contribution in [-0.2, 0) is 6.42 Å². The minimum absolute atomic E-state index is 0.105. The molecule has 1 aromatic heterocycles. The van der Waals surface area contributed by atoms with E-state index in [1.807, 2.05) is 37.3 Å². The second-order valence-electron chi connectivity index (χ2n) is 3.33. The molecule has 15 heavy (non-hydrogen) atoms. The van der Waals surface area contributed by atoms with E-state index in [2.05, 4.69) is 10.2 Å². The number of benzene rings is 1. The van der Waals surface area contributed by atoms with Crippen molar-refractivity contribution in [2.75, 3.05) is 6.61 Å². The number of aliphatic hydroxyl groups excluding tert-OH is 1. The van der Waals surface area contributed by atoms with Gasteiger partial charge in [0.25, 0.3) is 0 Å². The van der Waals surface area contributed by atoms with Gasteiger partial charge in [-0.3, -0.25) is 0 Å². The molecule has 0 aliphatic heterocycles. The van der Waals surface area contributed by atoms with Crippen LogP contribution in [0, 0.1) is 6.92 Å². The Morgan fingerprint density at radius 1 is 1.20 bits per heavy atom. The highest BCUT2D eigenvalue weighted by molar-refractivity contribution is 5.29. The third-order valence-electron chi connectivity index (χ3n) is 2.21. The second kappa shape index (κ2) is 4.23. The number of hydrogen-bond acceptors (Lipinski definition) is 3. The summed E-state index contributed by atoms with van der Waals surface area (Å²) in [5, 5.41) is 17.5. The minimum atomic E-state index is 0.105. The van der Waals surface area contributed by atoms with Gasteiger partial charge >= 0.3 is 0 Å². The molecule has 0 spiro atoms. The van der Waals surface area contributed by atoms with Crippen LogP contribution in [0.2, 0.25) is 0 Å². The van der Waals surface area contributed by atoms with Crippen molar-refractivity contribution in [3.05, 3.63) is 41.7 Å². The first-order valence-electron chi connectivity index (χ1n) is 4.90. The van der Waals surface area contributed by atoms with Gasteiger partial charge in [0.2, 0.25) is 0 Å². The molecule has 0 saturated carbocycles. The van der Waals surface area contributed by atoms with Gasteiger partial charge in [0.05, 0.1) is 17.1 Å². The average Bonchev–Trinajstić information content (AvgIpc) is 2.63. The van der Waals surface area contributed by atoms with Crippen LogP contribution in [0.25, 0.3) is 5.69 Å². The maximum atomic E-state index is 8.85. The van der Waals surface area contributed by atoms with Crippen molar-refractivity contribution in [2.45, 2.75) is 13.3 Å². The maximum absolute atomic E-state index is 8.85. The molecule has 0 bridgehead atoms. The highest BCUT2D eigenvalue weighted by atomic mass is 16.3. The lowest BCUT2D eigenvalue weighted by Crippen LogP contribution is -1.99. The molecule has 0 amide bonds. The van der Waals surface area contributed by atoms with Crippen LogP contribution in [-0.4, -0.2) is 26.7 Å². The third kappa shape index (κ3) is 2.05. The topological polar surface area (TPSA) is 50.9 Å². The van der Waals surface area contributed by atoms with Gasteiger partial charge < -0.3 is 5.11 Å². The van der Waals surface area contributed by atoms with Crippen molar-refractivity contribution in [1.82, 2.24) is 15.0 Å². The van der Waals surface area contributed by atoms with Crippen LogP contribution in [0.3, 0.4) is 0 Å². The molecule has 4 heteroatoms. The largest absolute Gasteiger partial charge is 0.396 e. The predicted octanol–water partition coefficient (Wildman–Crippen LogP) is 1.11. The molecule has 0 fully saturated rings. The molecule has 0 atom stereocenters. The summed E-state index contributed by atoms with van der Waals surface area (Å²) in [7, 11) is 0. The number of para-hydroxylation sites is 1. The summed E-state index contributed by atoms with van der Waals surface area (Å²) >= 11 is 0. The predicted molar refractivity (Wildman–Crippen MR) is 56.9 cm³/mol. The highest BCUT2D eigenvalue weighted by Gasteiger charge is 2.06. The van der Waals surface area contributed by atoms with Crippen LogP contribution >= 0.6 is 0 Å². The van der Waals surface area contributed by atoms with Crippen molar-refractivity contribution in [3.63, 3.8) is 0 Å². The first-order valence-corrected chi connectivity index (χ1v) is 4.90. The summed E-state index contributed by atoms with van der Waals surface area (Å²) in [6, 6.07) is 9.73. The molecule has 78 valence electrons. The number of aryl methyl sites for hydroxylation is 1. The molecule has 4 nitrogen and oxygen atoms in total.